The average Bonchev–Trinajstić information content (AvgIpc) is 2.99. The van der Waals surface area contributed by atoms with Gasteiger partial charge in [0.05, 0.1) is 0 Å². The second-order valence-corrected chi connectivity index (χ2v) is 8.99. The summed E-state index contributed by atoms with van der Waals surface area (Å²) < 4.78 is 33.0. The van der Waals surface area contributed by atoms with Gasteiger partial charge in [-0.1, -0.05) is 12.1 Å². The highest BCUT2D eigenvalue weighted by molar-refractivity contribution is 7.91. The van der Waals surface area contributed by atoms with Gasteiger partial charge in [-0.3, -0.25) is 0 Å². The minimum atomic E-state index is -3.42. The Balaban J connectivity index is 1.56. The second-order valence-electron chi connectivity index (χ2n) is 5.71. The van der Waals surface area contributed by atoms with Crippen molar-refractivity contribution in [1.82, 2.24) is 4.72 Å². The van der Waals surface area contributed by atoms with E-state index in [1.54, 1.807) is 6.07 Å². The summed E-state index contributed by atoms with van der Waals surface area (Å²) in [7, 11) is -3.42. The molecule has 0 spiro atoms. The molecular weight excluding hydrogens is 330 g/mol. The molecule has 0 unspecified atom stereocenters. The maximum atomic E-state index is 12.1. The normalized spacial score (nSPS) is 14.5. The van der Waals surface area contributed by atoms with Crippen molar-refractivity contribution in [3.63, 3.8) is 0 Å². The number of hydrogen-bond acceptors (Lipinski definition) is 4. The zero-order valence-corrected chi connectivity index (χ0v) is 14.8. The zero-order valence-electron chi connectivity index (χ0n) is 13.2. The summed E-state index contributed by atoms with van der Waals surface area (Å²) in [6.07, 6.45) is 4.58. The fraction of sp³-hybridized carbons (Fsp3) is 0.412. The van der Waals surface area contributed by atoms with Crippen LogP contribution in [0.5, 0.6) is 5.75 Å². The number of ether oxygens (including phenoxy) is 1. The Kier molecular flexibility index (Phi) is 5.04. The first-order valence-corrected chi connectivity index (χ1v) is 10.2. The molecule has 0 aliphatic heterocycles. The van der Waals surface area contributed by atoms with Gasteiger partial charge in [-0.15, -0.1) is 11.3 Å². The van der Waals surface area contributed by atoms with E-state index in [2.05, 4.69) is 10.8 Å². The van der Waals surface area contributed by atoms with Crippen molar-refractivity contribution in [3.05, 3.63) is 46.3 Å². The van der Waals surface area contributed by atoms with Crippen molar-refractivity contribution in [1.29, 1.82) is 0 Å². The summed E-state index contributed by atoms with van der Waals surface area (Å²) in [6.45, 7) is 2.49. The van der Waals surface area contributed by atoms with Gasteiger partial charge in [0, 0.05) is 11.4 Å². The van der Waals surface area contributed by atoms with Crippen LogP contribution in [0.15, 0.2) is 34.5 Å². The van der Waals surface area contributed by atoms with Crippen molar-refractivity contribution in [3.8, 4) is 5.75 Å². The smallest absolute Gasteiger partial charge is 0.250 e. The molecule has 1 aliphatic rings. The predicted octanol–water partition coefficient (Wildman–Crippen LogP) is 3.29. The molecule has 3 rings (SSSR count). The molecule has 0 bridgehead atoms. The molecule has 0 saturated heterocycles. The molecule has 0 radical (unpaired) electrons. The number of aryl methyl sites for hydroxylation is 2. The third kappa shape index (κ3) is 3.94. The number of benzene rings is 1. The van der Waals surface area contributed by atoms with E-state index in [0.29, 0.717) is 10.8 Å². The molecule has 0 atom stereocenters. The largest absolute Gasteiger partial charge is 0.492 e. The Labute approximate surface area is 141 Å². The average molecular weight is 351 g/mol. The molecule has 0 fully saturated rings. The highest BCUT2D eigenvalue weighted by atomic mass is 32.2. The SMILES string of the molecule is Cc1ccc(S(=O)(=O)NCCOc2cccc3c2CCCC3)s1. The molecule has 1 heterocycles. The third-order valence-corrected chi connectivity index (χ3v) is 6.94. The van der Waals surface area contributed by atoms with E-state index in [-0.39, 0.29) is 6.54 Å². The number of thiophene rings is 1. The summed E-state index contributed by atoms with van der Waals surface area (Å²) in [5.41, 5.74) is 2.65. The van der Waals surface area contributed by atoms with Crippen molar-refractivity contribution < 1.29 is 13.2 Å². The Hall–Kier alpha value is -1.37. The van der Waals surface area contributed by atoms with Crippen molar-refractivity contribution in [2.45, 2.75) is 36.8 Å². The fourth-order valence-corrected chi connectivity index (χ4v) is 5.19. The highest BCUT2D eigenvalue weighted by Gasteiger charge is 2.16. The first-order valence-electron chi connectivity index (χ1n) is 7.86. The van der Waals surface area contributed by atoms with Crippen LogP contribution in [0.25, 0.3) is 0 Å². The summed E-state index contributed by atoms with van der Waals surface area (Å²) in [6, 6.07) is 9.59. The molecular formula is C17H21NO3S2. The van der Waals surface area contributed by atoms with Crippen LogP contribution in [0.3, 0.4) is 0 Å². The lowest BCUT2D eigenvalue weighted by atomic mass is 9.91. The molecule has 23 heavy (non-hydrogen) atoms. The monoisotopic (exact) mass is 351 g/mol. The molecule has 4 nitrogen and oxygen atoms in total. The molecule has 124 valence electrons. The van der Waals surface area contributed by atoms with Gasteiger partial charge >= 0.3 is 0 Å². The number of fused-ring (bicyclic) bond motifs is 1. The van der Waals surface area contributed by atoms with E-state index in [0.717, 1.165) is 23.5 Å². The molecule has 0 saturated carbocycles. The van der Waals surface area contributed by atoms with Crippen LogP contribution in [0.4, 0.5) is 0 Å². The van der Waals surface area contributed by atoms with Gasteiger partial charge in [0.25, 0.3) is 0 Å². The van der Waals surface area contributed by atoms with Gasteiger partial charge in [-0.25, -0.2) is 13.1 Å². The summed E-state index contributed by atoms with van der Waals surface area (Å²) in [4.78, 5) is 0.984. The second kappa shape index (κ2) is 7.03. The maximum absolute atomic E-state index is 12.1. The van der Waals surface area contributed by atoms with Gasteiger partial charge in [-0.05, 0) is 61.9 Å². The highest BCUT2D eigenvalue weighted by Crippen LogP contribution is 2.29. The topological polar surface area (TPSA) is 55.4 Å². The molecule has 1 aliphatic carbocycles. The van der Waals surface area contributed by atoms with E-state index in [1.807, 2.05) is 25.1 Å². The Bertz CT molecular complexity index is 781. The number of sulfonamides is 1. The van der Waals surface area contributed by atoms with E-state index >= 15 is 0 Å². The van der Waals surface area contributed by atoms with Gasteiger partial charge in [0.15, 0.2) is 0 Å². The van der Waals surface area contributed by atoms with E-state index in [4.69, 9.17) is 4.74 Å². The lowest BCUT2D eigenvalue weighted by Crippen LogP contribution is -2.27. The van der Waals surface area contributed by atoms with Crippen LogP contribution in [0.1, 0.15) is 28.8 Å². The van der Waals surface area contributed by atoms with Crippen LogP contribution in [-0.2, 0) is 22.9 Å². The van der Waals surface area contributed by atoms with Gasteiger partial charge in [-0.2, -0.15) is 0 Å². The van der Waals surface area contributed by atoms with Crippen molar-refractivity contribution in [2.24, 2.45) is 0 Å². The van der Waals surface area contributed by atoms with Crippen LogP contribution in [0.2, 0.25) is 0 Å². The molecule has 6 heteroatoms. The molecule has 1 aromatic heterocycles. The van der Waals surface area contributed by atoms with Crippen LogP contribution in [-0.4, -0.2) is 21.6 Å². The summed E-state index contributed by atoms with van der Waals surface area (Å²) in [5, 5.41) is 0. The molecule has 1 aromatic carbocycles. The van der Waals surface area contributed by atoms with Crippen LogP contribution in [0, 0.1) is 6.92 Å². The quantitative estimate of drug-likeness (QED) is 0.813. The minimum Gasteiger partial charge on any atom is -0.492 e. The maximum Gasteiger partial charge on any atom is 0.250 e. The van der Waals surface area contributed by atoms with Gasteiger partial charge < -0.3 is 4.74 Å². The minimum absolute atomic E-state index is 0.267. The van der Waals surface area contributed by atoms with E-state index < -0.39 is 10.0 Å². The lowest BCUT2D eigenvalue weighted by molar-refractivity contribution is 0.318. The lowest BCUT2D eigenvalue weighted by Gasteiger charge is -2.19. The summed E-state index contributed by atoms with van der Waals surface area (Å²) >= 11 is 1.28. The Morgan fingerprint density at radius 1 is 1.17 bits per heavy atom. The molecule has 0 amide bonds. The predicted molar refractivity (Wildman–Crippen MR) is 92.8 cm³/mol. The summed E-state index contributed by atoms with van der Waals surface area (Å²) in [5.74, 6) is 0.897. The first-order chi connectivity index (χ1) is 11.1. The van der Waals surface area contributed by atoms with Crippen molar-refractivity contribution in [2.75, 3.05) is 13.2 Å². The molecule has 1 N–H and O–H groups in total. The standard InChI is InChI=1S/C17H21NO3S2/c1-13-9-10-17(22-13)23(19,20)18-11-12-21-16-8-4-6-14-5-2-3-7-15(14)16/h4,6,8-10,18H,2-3,5,7,11-12H2,1H3. The number of hydrogen-bond donors (Lipinski definition) is 1. The zero-order chi connectivity index (χ0) is 16.3. The third-order valence-electron chi connectivity index (χ3n) is 3.99. The van der Waals surface area contributed by atoms with E-state index in [9.17, 15) is 8.42 Å². The number of rotatable bonds is 6. The Morgan fingerprint density at radius 2 is 2.00 bits per heavy atom. The van der Waals surface area contributed by atoms with E-state index in [1.165, 1.54) is 35.3 Å². The van der Waals surface area contributed by atoms with Gasteiger partial charge in [0.1, 0.15) is 16.6 Å². The van der Waals surface area contributed by atoms with Crippen LogP contribution >= 0.6 is 11.3 Å². The van der Waals surface area contributed by atoms with Crippen molar-refractivity contribution >= 4 is 21.4 Å². The fourth-order valence-electron chi connectivity index (χ4n) is 2.85. The Morgan fingerprint density at radius 3 is 2.78 bits per heavy atom. The van der Waals surface area contributed by atoms with Gasteiger partial charge in [0.2, 0.25) is 10.0 Å². The van der Waals surface area contributed by atoms with Crippen LogP contribution < -0.4 is 9.46 Å². The number of nitrogens with one attached hydrogen (secondary N) is 1. The first kappa shape index (κ1) is 16.5. The molecule has 2 aromatic rings.